The van der Waals surface area contributed by atoms with Crippen LogP contribution in [-0.2, 0) is 14.4 Å². The predicted molar refractivity (Wildman–Crippen MR) is 54.7 cm³/mol. The van der Waals surface area contributed by atoms with E-state index >= 15 is 0 Å². The highest BCUT2D eigenvalue weighted by Gasteiger charge is 1.66. The molecular weight excluding hydrogens is 220 g/mol. The van der Waals surface area contributed by atoms with Gasteiger partial charge >= 0.3 is 0 Å². The lowest BCUT2D eigenvalue weighted by Gasteiger charge is -1.92. The largest absolute Gasteiger partial charge is 0.876 e. The third kappa shape index (κ3) is 341. The number of aliphatic carboxylic acids is 3. The fourth-order valence-corrected chi connectivity index (χ4v) is 0. The smallest absolute Gasteiger partial charge is 0.300 e. The second-order valence-electron chi connectivity index (χ2n) is 2.26. The topological polar surface area (TPSA) is 135 Å². The molecule has 16 heavy (non-hydrogen) atoms. The molecule has 3 N–H and O–H groups in total. The molecule has 0 rings (SSSR count). The van der Waals surface area contributed by atoms with Gasteiger partial charge in [-0.05, 0) is 0 Å². The average Bonchev–Trinajstić information content (AvgIpc) is 1.76. The predicted octanol–water partition coefficient (Wildman–Crippen LogP) is 0.153. The Morgan fingerprint density at radius 2 is 0.812 bits per heavy atom. The number of hydrogen-bond donors (Lipinski definition) is 3. The lowest BCUT2D eigenvalue weighted by molar-refractivity contribution is -0.300. The summed E-state index contributed by atoms with van der Waals surface area (Å²) in [7, 11) is 0. The van der Waals surface area contributed by atoms with Gasteiger partial charge in [-0.25, -0.2) is 0 Å². The van der Waals surface area contributed by atoms with E-state index in [4.69, 9.17) is 29.7 Å². The number of carbonyl (C=O) groups is 3. The van der Waals surface area contributed by atoms with Crippen LogP contribution in [0.5, 0.6) is 0 Å². The van der Waals surface area contributed by atoms with Gasteiger partial charge in [-0.1, -0.05) is 6.92 Å². The molecule has 0 heterocycles. The zero-order chi connectivity index (χ0) is 14.3. The van der Waals surface area contributed by atoms with Crippen molar-refractivity contribution in [3.63, 3.8) is 0 Å². The van der Waals surface area contributed by atoms with Gasteiger partial charge in [0.15, 0.2) is 0 Å². The van der Waals surface area contributed by atoms with E-state index in [1.165, 1.54) is 6.92 Å². The van der Waals surface area contributed by atoms with Crippen LogP contribution >= 0.6 is 0 Å². The number of carboxylic acids is 3. The van der Waals surface area contributed by atoms with Gasteiger partial charge in [0.2, 0.25) is 0 Å². The van der Waals surface area contributed by atoms with Crippen LogP contribution in [-0.4, -0.2) is 33.2 Å². The monoisotopic (exact) mass is 237 g/mol. The van der Waals surface area contributed by atoms with E-state index in [2.05, 4.69) is 6.58 Å². The molecule has 0 bridgehead atoms. The molecule has 0 radical (unpaired) electrons. The Labute approximate surface area is 93.6 Å². The maximum atomic E-state index is 9.33. The molecule has 0 aromatic rings. The Bertz CT molecular complexity index is 156. The summed E-state index contributed by atoms with van der Waals surface area (Å²) in [5.41, 5.74) is 0. The Hall–Kier alpha value is -2.05. The quantitative estimate of drug-likeness (QED) is 0.510. The Morgan fingerprint density at radius 3 is 0.812 bits per heavy atom. The fraction of sp³-hybridized carbons (Fsp3) is 0.444. The van der Waals surface area contributed by atoms with Crippen molar-refractivity contribution in [1.82, 2.24) is 0 Å². The molecule has 0 unspecified atom stereocenters. The molecule has 0 fully saturated rings. The molecule has 0 aliphatic carbocycles. The normalized spacial score (nSPS) is 6.25. The maximum absolute atomic E-state index is 9.33. The summed E-state index contributed by atoms with van der Waals surface area (Å²) in [6, 6.07) is 0. The van der Waals surface area contributed by atoms with Gasteiger partial charge in [-0.3, -0.25) is 14.4 Å². The standard InChI is InChI=1S/C3H6O.3C2H4O2/c1-3(2)4;3*1-2(3)4/h4H,1H2,2H3;3*1H3,(H,3,4)/p-1. The zero-order valence-electron chi connectivity index (χ0n) is 9.68. The minimum atomic E-state index is -0.833. The van der Waals surface area contributed by atoms with E-state index < -0.39 is 17.9 Å². The second kappa shape index (κ2) is 18.7. The van der Waals surface area contributed by atoms with Gasteiger partial charge in [-0.2, -0.15) is 0 Å². The van der Waals surface area contributed by atoms with Crippen LogP contribution in [0.2, 0.25) is 0 Å². The molecule has 96 valence electrons. The van der Waals surface area contributed by atoms with Crippen molar-refractivity contribution in [3.05, 3.63) is 12.3 Å². The Balaban J connectivity index is -0.0000000600. The number of rotatable bonds is 0. The minimum absolute atomic E-state index is 0.0833. The molecule has 0 aliphatic rings. The van der Waals surface area contributed by atoms with E-state index in [0.29, 0.717) is 0 Å². The van der Waals surface area contributed by atoms with Crippen molar-refractivity contribution in [2.24, 2.45) is 0 Å². The van der Waals surface area contributed by atoms with Crippen LogP contribution in [0, 0.1) is 0 Å². The molecule has 0 aromatic carbocycles. The fourth-order valence-electron chi connectivity index (χ4n) is 0. The maximum Gasteiger partial charge on any atom is 0.300 e. The van der Waals surface area contributed by atoms with Gasteiger partial charge in [0.1, 0.15) is 0 Å². The first-order chi connectivity index (χ1) is 6.93. The SMILES string of the molecule is C=C(C)[O-].CC(=O)O.CC(=O)O.CC(=O)O. The molecule has 0 amide bonds. The summed E-state index contributed by atoms with van der Waals surface area (Å²) in [5, 5.41) is 31.6. The van der Waals surface area contributed by atoms with Crippen molar-refractivity contribution in [3.8, 4) is 0 Å². The van der Waals surface area contributed by atoms with Gasteiger partial charge in [-0.15, -0.1) is 12.3 Å². The molecule has 7 heteroatoms. The summed E-state index contributed by atoms with van der Waals surface area (Å²) in [6.45, 7) is 7.67. The first kappa shape index (κ1) is 23.6. The van der Waals surface area contributed by atoms with E-state index in [-0.39, 0.29) is 5.76 Å². The molecular formula is C9H17O7-. The zero-order valence-corrected chi connectivity index (χ0v) is 9.68. The highest BCUT2D eigenvalue weighted by atomic mass is 16.4. The minimum Gasteiger partial charge on any atom is -0.876 e. The number of allylic oxidation sites excluding steroid dienone is 1. The van der Waals surface area contributed by atoms with Crippen molar-refractivity contribution >= 4 is 17.9 Å². The van der Waals surface area contributed by atoms with E-state index in [0.717, 1.165) is 20.8 Å². The van der Waals surface area contributed by atoms with E-state index in [1.54, 1.807) is 0 Å². The Kier molecular flexibility index (Phi) is 27.6. The van der Waals surface area contributed by atoms with Crippen LogP contribution in [0.1, 0.15) is 27.7 Å². The van der Waals surface area contributed by atoms with Crippen LogP contribution in [0.25, 0.3) is 0 Å². The van der Waals surface area contributed by atoms with Gasteiger partial charge in [0, 0.05) is 20.8 Å². The van der Waals surface area contributed by atoms with Gasteiger partial charge in [0.25, 0.3) is 17.9 Å². The number of carboxylic acid groups (broad SMARTS) is 3. The van der Waals surface area contributed by atoms with Crippen molar-refractivity contribution in [2.75, 3.05) is 0 Å². The highest BCUT2D eigenvalue weighted by molar-refractivity contribution is 5.63. The first-order valence-electron chi connectivity index (χ1n) is 3.84. The van der Waals surface area contributed by atoms with Crippen LogP contribution in [0.15, 0.2) is 12.3 Å². The third-order valence-electron chi connectivity index (χ3n) is 0. The van der Waals surface area contributed by atoms with Crippen LogP contribution < -0.4 is 5.11 Å². The summed E-state index contributed by atoms with van der Waals surface area (Å²) in [4.78, 5) is 27.0. The molecule has 0 aromatic heterocycles. The second-order valence-corrected chi connectivity index (χ2v) is 2.26. The molecule has 0 spiro atoms. The van der Waals surface area contributed by atoms with E-state index in [9.17, 15) is 5.11 Å². The average molecular weight is 237 g/mol. The molecule has 0 aliphatic heterocycles. The van der Waals surface area contributed by atoms with Crippen molar-refractivity contribution in [2.45, 2.75) is 27.7 Å². The summed E-state index contributed by atoms with van der Waals surface area (Å²) in [6.07, 6.45) is 0. The molecule has 0 saturated heterocycles. The lowest BCUT2D eigenvalue weighted by Crippen LogP contribution is -1.92. The molecule has 0 saturated carbocycles. The van der Waals surface area contributed by atoms with E-state index in [1.807, 2.05) is 0 Å². The third-order valence-corrected chi connectivity index (χ3v) is 0. The van der Waals surface area contributed by atoms with Crippen LogP contribution in [0.4, 0.5) is 0 Å². The highest BCUT2D eigenvalue weighted by Crippen LogP contribution is 1.57. The molecule has 0 atom stereocenters. The summed E-state index contributed by atoms with van der Waals surface area (Å²) >= 11 is 0. The van der Waals surface area contributed by atoms with Crippen molar-refractivity contribution in [1.29, 1.82) is 0 Å². The van der Waals surface area contributed by atoms with Gasteiger partial charge < -0.3 is 20.4 Å². The summed E-state index contributed by atoms with van der Waals surface area (Å²) in [5.74, 6) is -2.58. The van der Waals surface area contributed by atoms with Crippen LogP contribution in [0.3, 0.4) is 0 Å². The first-order valence-corrected chi connectivity index (χ1v) is 3.84. The van der Waals surface area contributed by atoms with Gasteiger partial charge in [0.05, 0.1) is 0 Å². The van der Waals surface area contributed by atoms with Crippen molar-refractivity contribution < 1.29 is 34.8 Å². The lowest BCUT2D eigenvalue weighted by atomic mass is 10.7. The number of hydrogen-bond acceptors (Lipinski definition) is 4. The summed E-state index contributed by atoms with van der Waals surface area (Å²) < 4.78 is 0. The molecule has 7 nitrogen and oxygen atoms in total. The Morgan fingerprint density at radius 1 is 0.812 bits per heavy atom.